The van der Waals surface area contributed by atoms with Gasteiger partial charge in [0.25, 0.3) is 0 Å². The monoisotopic (exact) mass is 220 g/mol. The predicted molar refractivity (Wildman–Crippen MR) is 53.4 cm³/mol. The number of nitrogens with one attached hydrogen (secondary N) is 1. The molecule has 14 heavy (non-hydrogen) atoms. The molecule has 1 amide bonds. The summed E-state index contributed by atoms with van der Waals surface area (Å²) in [4.78, 5) is 11.5. The number of sulfone groups is 1. The second-order valence-corrected chi connectivity index (χ2v) is 6.49. The largest absolute Gasteiger partial charge is 0.351 e. The molecule has 0 unspecified atom stereocenters. The van der Waals surface area contributed by atoms with E-state index in [0.29, 0.717) is 0 Å². The van der Waals surface area contributed by atoms with E-state index in [1.165, 1.54) is 0 Å². The molecule has 3 N–H and O–H groups in total. The first-order valence-corrected chi connectivity index (χ1v) is 6.30. The highest BCUT2D eigenvalue weighted by atomic mass is 32.2. The zero-order chi connectivity index (χ0) is 11.0. The average Bonchev–Trinajstić information content (AvgIpc) is 2.01. The third-order valence-electron chi connectivity index (χ3n) is 2.37. The van der Waals surface area contributed by atoms with E-state index in [4.69, 9.17) is 5.73 Å². The van der Waals surface area contributed by atoms with Crippen molar-refractivity contribution in [2.24, 2.45) is 11.1 Å². The zero-order valence-corrected chi connectivity index (χ0v) is 9.23. The van der Waals surface area contributed by atoms with Crippen LogP contribution in [0.2, 0.25) is 0 Å². The highest BCUT2D eigenvalue weighted by Gasteiger charge is 2.37. The van der Waals surface area contributed by atoms with Crippen molar-refractivity contribution >= 4 is 15.7 Å². The van der Waals surface area contributed by atoms with Crippen molar-refractivity contribution in [3.8, 4) is 0 Å². The lowest BCUT2D eigenvalue weighted by atomic mass is 9.92. The van der Waals surface area contributed by atoms with E-state index in [-0.39, 0.29) is 30.0 Å². The van der Waals surface area contributed by atoms with Crippen molar-refractivity contribution in [3.63, 3.8) is 0 Å². The zero-order valence-electron chi connectivity index (χ0n) is 8.41. The van der Waals surface area contributed by atoms with Crippen LogP contribution in [0.25, 0.3) is 0 Å². The maximum atomic E-state index is 11.5. The molecule has 6 heteroatoms. The van der Waals surface area contributed by atoms with Gasteiger partial charge in [0.1, 0.15) is 0 Å². The highest BCUT2D eigenvalue weighted by molar-refractivity contribution is 7.92. The first-order valence-electron chi connectivity index (χ1n) is 4.48. The second kappa shape index (κ2) is 3.51. The molecule has 0 bridgehead atoms. The van der Waals surface area contributed by atoms with Crippen LogP contribution in [0.3, 0.4) is 0 Å². The number of hydrogen-bond acceptors (Lipinski definition) is 4. The topological polar surface area (TPSA) is 89.3 Å². The lowest BCUT2D eigenvalue weighted by Gasteiger charge is -2.30. The number of carbonyl (C=O) groups excluding carboxylic acids is 1. The van der Waals surface area contributed by atoms with Crippen molar-refractivity contribution < 1.29 is 13.2 Å². The Morgan fingerprint density at radius 3 is 2.36 bits per heavy atom. The molecule has 1 rings (SSSR count). The molecule has 1 aliphatic heterocycles. The Balaban J connectivity index is 2.44. The molecule has 0 atom stereocenters. The molecule has 5 nitrogen and oxygen atoms in total. The van der Waals surface area contributed by atoms with Crippen molar-refractivity contribution in [2.45, 2.75) is 19.9 Å². The van der Waals surface area contributed by atoms with Crippen LogP contribution in [-0.4, -0.2) is 38.4 Å². The standard InChI is InChI=1S/C8H16N2O3S/c1-8(2,5-9)7(11)10-6-3-14(12,13)4-6/h6H,3-5,9H2,1-2H3,(H,10,11). The van der Waals surface area contributed by atoms with Crippen LogP contribution in [0.4, 0.5) is 0 Å². The molecule has 1 aliphatic rings. The summed E-state index contributed by atoms with van der Waals surface area (Å²) in [6, 6.07) is -0.224. The van der Waals surface area contributed by atoms with E-state index < -0.39 is 15.3 Å². The third-order valence-corrected chi connectivity index (χ3v) is 4.19. The summed E-state index contributed by atoms with van der Waals surface area (Å²) < 4.78 is 21.6. The van der Waals surface area contributed by atoms with Gasteiger partial charge in [0.05, 0.1) is 23.0 Å². The van der Waals surface area contributed by atoms with E-state index in [1.54, 1.807) is 13.8 Å². The summed E-state index contributed by atoms with van der Waals surface area (Å²) in [5, 5.41) is 2.67. The van der Waals surface area contributed by atoms with Crippen LogP contribution < -0.4 is 11.1 Å². The summed E-state index contributed by atoms with van der Waals surface area (Å²) in [6.45, 7) is 3.71. The second-order valence-electron chi connectivity index (χ2n) is 4.34. The summed E-state index contributed by atoms with van der Waals surface area (Å²) in [6.07, 6.45) is 0. The van der Waals surface area contributed by atoms with E-state index in [0.717, 1.165) is 0 Å². The molecule has 82 valence electrons. The Labute approximate surface area is 84.0 Å². The molecule has 0 spiro atoms. The molecule has 0 aliphatic carbocycles. The van der Waals surface area contributed by atoms with Crippen molar-refractivity contribution in [1.82, 2.24) is 5.32 Å². The third kappa shape index (κ3) is 2.45. The van der Waals surface area contributed by atoms with Crippen LogP contribution in [0.15, 0.2) is 0 Å². The molecule has 1 fully saturated rings. The summed E-state index contributed by atoms with van der Waals surface area (Å²) >= 11 is 0. The van der Waals surface area contributed by atoms with Gasteiger partial charge < -0.3 is 11.1 Å². The van der Waals surface area contributed by atoms with Gasteiger partial charge in [-0.05, 0) is 13.8 Å². The van der Waals surface area contributed by atoms with Gasteiger partial charge in [-0.2, -0.15) is 0 Å². The Kier molecular flexibility index (Phi) is 2.87. The minimum atomic E-state index is -2.87. The quantitative estimate of drug-likeness (QED) is 0.631. The van der Waals surface area contributed by atoms with Crippen LogP contribution in [0.5, 0.6) is 0 Å². The van der Waals surface area contributed by atoms with E-state index in [1.807, 2.05) is 0 Å². The number of nitrogens with two attached hydrogens (primary N) is 1. The van der Waals surface area contributed by atoms with Crippen LogP contribution in [-0.2, 0) is 14.6 Å². The van der Waals surface area contributed by atoms with Crippen molar-refractivity contribution in [2.75, 3.05) is 18.1 Å². The molecule has 0 aromatic rings. The van der Waals surface area contributed by atoms with Crippen LogP contribution >= 0.6 is 0 Å². The van der Waals surface area contributed by atoms with Gasteiger partial charge in [-0.15, -0.1) is 0 Å². The molecule has 0 aromatic heterocycles. The number of rotatable bonds is 3. The first kappa shape index (κ1) is 11.5. The minimum absolute atomic E-state index is 0.0550. The van der Waals surface area contributed by atoms with E-state index in [2.05, 4.69) is 5.32 Å². The summed E-state index contributed by atoms with van der Waals surface area (Å²) in [5.74, 6) is -0.0707. The molecule has 0 aromatic carbocycles. The fourth-order valence-corrected chi connectivity index (χ4v) is 2.42. The van der Waals surface area contributed by atoms with Gasteiger partial charge in [0.15, 0.2) is 9.84 Å². The maximum absolute atomic E-state index is 11.5. The molecular weight excluding hydrogens is 204 g/mol. The first-order chi connectivity index (χ1) is 6.27. The molecule has 1 saturated heterocycles. The predicted octanol–water partition coefficient (Wildman–Crippen LogP) is -1.12. The van der Waals surface area contributed by atoms with Gasteiger partial charge in [-0.3, -0.25) is 4.79 Å². The number of hydrogen-bond donors (Lipinski definition) is 2. The fraction of sp³-hybridized carbons (Fsp3) is 0.875. The van der Waals surface area contributed by atoms with Gasteiger partial charge in [-0.1, -0.05) is 0 Å². The Hall–Kier alpha value is -0.620. The summed E-state index contributed by atoms with van der Waals surface area (Å²) in [5.41, 5.74) is 4.79. The Bertz CT molecular complexity index is 322. The smallest absolute Gasteiger partial charge is 0.227 e. The lowest BCUT2D eigenvalue weighted by molar-refractivity contribution is -0.129. The molecular formula is C8H16N2O3S. The van der Waals surface area contributed by atoms with Crippen LogP contribution in [0.1, 0.15) is 13.8 Å². The number of amides is 1. The minimum Gasteiger partial charge on any atom is -0.351 e. The highest BCUT2D eigenvalue weighted by Crippen LogP contribution is 2.16. The number of carbonyl (C=O) groups is 1. The van der Waals surface area contributed by atoms with Gasteiger partial charge in [0.2, 0.25) is 5.91 Å². The maximum Gasteiger partial charge on any atom is 0.227 e. The van der Waals surface area contributed by atoms with E-state index >= 15 is 0 Å². The summed E-state index contributed by atoms with van der Waals surface area (Å²) in [7, 11) is -2.87. The Morgan fingerprint density at radius 1 is 1.50 bits per heavy atom. The SMILES string of the molecule is CC(C)(CN)C(=O)NC1CS(=O)(=O)C1. The fourth-order valence-electron chi connectivity index (χ4n) is 1.12. The van der Waals surface area contributed by atoms with E-state index in [9.17, 15) is 13.2 Å². The van der Waals surface area contributed by atoms with Gasteiger partial charge in [-0.25, -0.2) is 8.42 Å². The molecule has 0 saturated carbocycles. The normalized spacial score (nSPS) is 21.4. The Morgan fingerprint density at radius 2 is 2.00 bits per heavy atom. The van der Waals surface area contributed by atoms with Gasteiger partial charge in [0, 0.05) is 6.54 Å². The lowest BCUT2D eigenvalue weighted by Crippen LogP contribution is -2.56. The van der Waals surface area contributed by atoms with Crippen molar-refractivity contribution in [1.29, 1.82) is 0 Å². The average molecular weight is 220 g/mol. The van der Waals surface area contributed by atoms with Gasteiger partial charge >= 0.3 is 0 Å². The van der Waals surface area contributed by atoms with Crippen molar-refractivity contribution in [3.05, 3.63) is 0 Å². The molecule has 1 heterocycles. The molecule has 0 radical (unpaired) electrons. The van der Waals surface area contributed by atoms with Crippen LogP contribution in [0, 0.1) is 5.41 Å².